The van der Waals surface area contributed by atoms with Crippen LogP contribution in [-0.4, -0.2) is 12.1 Å². The molecule has 0 amide bonds. The number of hydrogen-bond acceptors (Lipinski definition) is 2. The zero-order chi connectivity index (χ0) is 9.61. The SMILES string of the molecule is C=CC(C=C)(C=O)C(=O)CCC. The molecule has 0 aliphatic carbocycles. The lowest BCUT2D eigenvalue weighted by molar-refractivity contribution is -0.129. The van der Waals surface area contributed by atoms with Crippen molar-refractivity contribution in [3.63, 3.8) is 0 Å². The van der Waals surface area contributed by atoms with E-state index in [2.05, 4.69) is 13.2 Å². The maximum absolute atomic E-state index is 11.4. The molecule has 0 rings (SSSR count). The van der Waals surface area contributed by atoms with Crippen LogP contribution < -0.4 is 0 Å². The molecule has 0 aliphatic heterocycles. The molecule has 0 aromatic rings. The summed E-state index contributed by atoms with van der Waals surface area (Å²) < 4.78 is 0. The molecule has 0 saturated carbocycles. The van der Waals surface area contributed by atoms with E-state index in [1.54, 1.807) is 0 Å². The van der Waals surface area contributed by atoms with Crippen LogP contribution >= 0.6 is 0 Å². The van der Waals surface area contributed by atoms with Gasteiger partial charge in [-0.2, -0.15) is 0 Å². The van der Waals surface area contributed by atoms with Crippen molar-refractivity contribution in [1.82, 2.24) is 0 Å². The van der Waals surface area contributed by atoms with Gasteiger partial charge < -0.3 is 4.79 Å². The zero-order valence-electron chi connectivity index (χ0n) is 7.38. The third-order valence-corrected chi connectivity index (χ3v) is 1.83. The van der Waals surface area contributed by atoms with Crippen molar-refractivity contribution in [2.75, 3.05) is 0 Å². The minimum atomic E-state index is -1.16. The quantitative estimate of drug-likeness (QED) is 0.343. The topological polar surface area (TPSA) is 34.1 Å². The van der Waals surface area contributed by atoms with Gasteiger partial charge in [0, 0.05) is 6.42 Å². The summed E-state index contributed by atoms with van der Waals surface area (Å²) in [6.45, 7) is 8.80. The van der Waals surface area contributed by atoms with Crippen LogP contribution in [0.1, 0.15) is 19.8 Å². The number of aldehydes is 1. The van der Waals surface area contributed by atoms with Gasteiger partial charge in [0.2, 0.25) is 0 Å². The first-order valence-corrected chi connectivity index (χ1v) is 3.93. The van der Waals surface area contributed by atoms with Crippen LogP contribution in [0.5, 0.6) is 0 Å². The normalized spacial score (nSPS) is 10.4. The number of allylic oxidation sites excluding steroid dienone is 2. The molecule has 0 aromatic carbocycles. The van der Waals surface area contributed by atoms with Gasteiger partial charge >= 0.3 is 0 Å². The molecule has 0 fully saturated rings. The van der Waals surface area contributed by atoms with Crippen molar-refractivity contribution in [3.8, 4) is 0 Å². The fourth-order valence-electron chi connectivity index (χ4n) is 0.917. The van der Waals surface area contributed by atoms with Gasteiger partial charge in [-0.15, -0.1) is 13.2 Å². The Morgan fingerprint density at radius 2 is 1.92 bits per heavy atom. The van der Waals surface area contributed by atoms with Gasteiger partial charge in [-0.1, -0.05) is 19.1 Å². The summed E-state index contributed by atoms with van der Waals surface area (Å²) in [6, 6.07) is 0. The highest BCUT2D eigenvalue weighted by molar-refractivity contribution is 6.02. The van der Waals surface area contributed by atoms with Gasteiger partial charge in [0.25, 0.3) is 0 Å². The summed E-state index contributed by atoms with van der Waals surface area (Å²) in [5.41, 5.74) is -1.16. The smallest absolute Gasteiger partial charge is 0.153 e. The first kappa shape index (κ1) is 10.8. The molecule has 66 valence electrons. The number of hydrogen-bond donors (Lipinski definition) is 0. The number of carbonyl (C=O) groups excluding carboxylic acids is 2. The second-order valence-corrected chi connectivity index (χ2v) is 2.63. The lowest BCUT2D eigenvalue weighted by atomic mass is 9.83. The van der Waals surface area contributed by atoms with E-state index in [1.165, 1.54) is 12.2 Å². The average Bonchev–Trinajstić information content (AvgIpc) is 2.09. The maximum Gasteiger partial charge on any atom is 0.153 e. The van der Waals surface area contributed by atoms with Crippen molar-refractivity contribution in [2.24, 2.45) is 5.41 Å². The minimum absolute atomic E-state index is 0.134. The van der Waals surface area contributed by atoms with Crippen LogP contribution in [0.15, 0.2) is 25.3 Å². The van der Waals surface area contributed by atoms with Crippen LogP contribution in [-0.2, 0) is 9.59 Å². The van der Waals surface area contributed by atoms with Gasteiger partial charge in [0.05, 0.1) is 0 Å². The monoisotopic (exact) mass is 166 g/mol. The third kappa shape index (κ3) is 1.91. The van der Waals surface area contributed by atoms with Crippen LogP contribution in [0.4, 0.5) is 0 Å². The first-order chi connectivity index (χ1) is 5.66. The zero-order valence-corrected chi connectivity index (χ0v) is 7.38. The van der Waals surface area contributed by atoms with Gasteiger partial charge in [0.1, 0.15) is 11.7 Å². The van der Waals surface area contributed by atoms with Crippen LogP contribution in [0.25, 0.3) is 0 Å². The van der Waals surface area contributed by atoms with E-state index in [-0.39, 0.29) is 5.78 Å². The van der Waals surface area contributed by atoms with E-state index in [0.717, 1.165) is 6.42 Å². The average molecular weight is 166 g/mol. The third-order valence-electron chi connectivity index (χ3n) is 1.83. The molecule has 2 nitrogen and oxygen atoms in total. The Labute approximate surface area is 73.0 Å². The predicted octanol–water partition coefficient (Wildman–Crippen LogP) is 1.91. The van der Waals surface area contributed by atoms with Gasteiger partial charge in [-0.05, 0) is 6.42 Å². The molecule has 0 heterocycles. The Balaban J connectivity index is 4.70. The molecule has 0 saturated heterocycles. The highest BCUT2D eigenvalue weighted by atomic mass is 16.1. The van der Waals surface area contributed by atoms with E-state index in [0.29, 0.717) is 12.7 Å². The summed E-state index contributed by atoms with van der Waals surface area (Å²) in [5.74, 6) is -0.134. The van der Waals surface area contributed by atoms with Crippen molar-refractivity contribution in [1.29, 1.82) is 0 Å². The molecule has 0 bridgehead atoms. The molecule has 0 radical (unpaired) electrons. The highest BCUT2D eigenvalue weighted by Gasteiger charge is 2.29. The predicted molar refractivity (Wildman–Crippen MR) is 48.8 cm³/mol. The van der Waals surface area contributed by atoms with Gasteiger partial charge in [-0.25, -0.2) is 0 Å². The van der Waals surface area contributed by atoms with Crippen molar-refractivity contribution in [3.05, 3.63) is 25.3 Å². The van der Waals surface area contributed by atoms with Crippen molar-refractivity contribution in [2.45, 2.75) is 19.8 Å². The standard InChI is InChI=1S/C10H14O2/c1-4-7-9(12)10(5-2,6-3)8-11/h5-6,8H,2-4,7H2,1H3. The van der Waals surface area contributed by atoms with E-state index in [9.17, 15) is 9.59 Å². The maximum atomic E-state index is 11.4. The molecule has 0 aliphatic rings. The lowest BCUT2D eigenvalue weighted by Crippen LogP contribution is -2.27. The van der Waals surface area contributed by atoms with Gasteiger partial charge in [0.15, 0.2) is 5.78 Å². The van der Waals surface area contributed by atoms with Crippen LogP contribution in [0.3, 0.4) is 0 Å². The molecule has 0 aromatic heterocycles. The molecule has 0 atom stereocenters. The molecule has 2 heteroatoms. The largest absolute Gasteiger partial charge is 0.302 e. The first-order valence-electron chi connectivity index (χ1n) is 3.93. The minimum Gasteiger partial charge on any atom is -0.302 e. The molecule has 0 spiro atoms. The van der Waals surface area contributed by atoms with Crippen molar-refractivity contribution < 1.29 is 9.59 Å². The Morgan fingerprint density at radius 3 is 2.17 bits per heavy atom. The van der Waals surface area contributed by atoms with E-state index in [4.69, 9.17) is 0 Å². The summed E-state index contributed by atoms with van der Waals surface area (Å²) in [5, 5.41) is 0. The van der Waals surface area contributed by atoms with Crippen molar-refractivity contribution >= 4 is 12.1 Å². The number of ketones is 1. The Hall–Kier alpha value is -1.18. The molecule has 0 unspecified atom stereocenters. The summed E-state index contributed by atoms with van der Waals surface area (Å²) >= 11 is 0. The molecular weight excluding hydrogens is 152 g/mol. The number of carbonyl (C=O) groups is 2. The van der Waals surface area contributed by atoms with Crippen LogP contribution in [0.2, 0.25) is 0 Å². The fraction of sp³-hybridized carbons (Fsp3) is 0.400. The van der Waals surface area contributed by atoms with E-state index < -0.39 is 5.41 Å². The molecule has 12 heavy (non-hydrogen) atoms. The van der Waals surface area contributed by atoms with E-state index in [1.807, 2.05) is 6.92 Å². The summed E-state index contributed by atoms with van der Waals surface area (Å²) in [4.78, 5) is 22.0. The highest BCUT2D eigenvalue weighted by Crippen LogP contribution is 2.20. The lowest BCUT2D eigenvalue weighted by Gasteiger charge is -2.16. The number of rotatable bonds is 6. The van der Waals surface area contributed by atoms with E-state index >= 15 is 0 Å². The Bertz CT molecular complexity index is 182. The fourth-order valence-corrected chi connectivity index (χ4v) is 0.917. The van der Waals surface area contributed by atoms with Gasteiger partial charge in [-0.3, -0.25) is 4.79 Å². The number of Topliss-reactive ketones (excluding diaryl/α,β-unsaturated/α-hetero) is 1. The summed E-state index contributed by atoms with van der Waals surface area (Å²) in [7, 11) is 0. The molecule has 0 N–H and O–H groups in total. The second kappa shape index (κ2) is 4.65. The molecular formula is C10H14O2. The Morgan fingerprint density at radius 1 is 1.42 bits per heavy atom. The Kier molecular flexibility index (Phi) is 4.19. The second-order valence-electron chi connectivity index (χ2n) is 2.63. The summed E-state index contributed by atoms with van der Waals surface area (Å²) in [6.07, 6.45) is 4.38. The van der Waals surface area contributed by atoms with Crippen LogP contribution in [0, 0.1) is 5.41 Å².